The molecule has 2 aromatic carbocycles. The van der Waals surface area contributed by atoms with E-state index in [1.54, 1.807) is 31.2 Å². The van der Waals surface area contributed by atoms with Crippen LogP contribution in [0.25, 0.3) is 0 Å². The van der Waals surface area contributed by atoms with Crippen molar-refractivity contribution in [2.45, 2.75) is 25.3 Å². The van der Waals surface area contributed by atoms with Gasteiger partial charge in [-0.1, -0.05) is 31.2 Å². The van der Waals surface area contributed by atoms with E-state index in [-0.39, 0.29) is 12.8 Å². The molecule has 7 nitrogen and oxygen atoms in total. The van der Waals surface area contributed by atoms with Crippen LogP contribution in [-0.4, -0.2) is 29.3 Å². The number of nitriles is 1. The second kappa shape index (κ2) is 8.10. The van der Waals surface area contributed by atoms with Gasteiger partial charge in [-0.3, -0.25) is 14.5 Å². The van der Waals surface area contributed by atoms with Crippen LogP contribution in [0.5, 0.6) is 0 Å². The quantitative estimate of drug-likeness (QED) is 0.736. The van der Waals surface area contributed by atoms with Crippen LogP contribution in [0, 0.1) is 17.1 Å². The fourth-order valence-corrected chi connectivity index (χ4v) is 3.28. The van der Waals surface area contributed by atoms with Gasteiger partial charge in [-0.05, 0) is 41.8 Å². The number of amides is 4. The molecular formula is C21H19FN4O3. The van der Waals surface area contributed by atoms with Crippen LogP contribution in [0.1, 0.15) is 24.5 Å². The highest BCUT2D eigenvalue weighted by molar-refractivity contribution is 6.10. The Balaban J connectivity index is 1.73. The topological polar surface area (TPSA) is 102 Å². The number of hydrogen-bond donors (Lipinski definition) is 2. The average molecular weight is 394 g/mol. The second-order valence-corrected chi connectivity index (χ2v) is 6.67. The smallest absolute Gasteiger partial charge is 0.325 e. The summed E-state index contributed by atoms with van der Waals surface area (Å²) >= 11 is 0. The zero-order valence-corrected chi connectivity index (χ0v) is 15.7. The number of anilines is 1. The van der Waals surface area contributed by atoms with Gasteiger partial charge in [-0.2, -0.15) is 5.26 Å². The van der Waals surface area contributed by atoms with Crippen LogP contribution in [0.2, 0.25) is 0 Å². The largest absolute Gasteiger partial charge is 0.325 e. The van der Waals surface area contributed by atoms with Crippen molar-refractivity contribution in [1.29, 1.82) is 5.26 Å². The molecule has 29 heavy (non-hydrogen) atoms. The summed E-state index contributed by atoms with van der Waals surface area (Å²) in [5.41, 5.74) is 0.427. The highest BCUT2D eigenvalue weighted by atomic mass is 19.1. The summed E-state index contributed by atoms with van der Waals surface area (Å²) in [4.78, 5) is 38.6. The third-order valence-corrected chi connectivity index (χ3v) is 4.87. The molecule has 148 valence electrons. The van der Waals surface area contributed by atoms with Crippen molar-refractivity contribution in [2.24, 2.45) is 0 Å². The van der Waals surface area contributed by atoms with Gasteiger partial charge >= 0.3 is 6.03 Å². The highest BCUT2D eigenvalue weighted by Crippen LogP contribution is 2.32. The minimum atomic E-state index is -1.33. The van der Waals surface area contributed by atoms with E-state index in [0.29, 0.717) is 11.3 Å². The molecule has 0 saturated carbocycles. The first-order chi connectivity index (χ1) is 13.9. The molecule has 0 aliphatic carbocycles. The number of nitrogens with one attached hydrogen (secondary N) is 2. The van der Waals surface area contributed by atoms with Gasteiger partial charge in [-0.15, -0.1) is 0 Å². The monoisotopic (exact) mass is 394 g/mol. The molecule has 4 amide bonds. The minimum Gasteiger partial charge on any atom is -0.325 e. The van der Waals surface area contributed by atoms with Crippen LogP contribution in [0.3, 0.4) is 0 Å². The number of halogens is 1. The molecule has 2 aromatic rings. The summed E-state index contributed by atoms with van der Waals surface area (Å²) < 4.78 is 13.2. The lowest BCUT2D eigenvalue weighted by molar-refractivity contribution is -0.134. The average Bonchev–Trinajstić information content (AvgIpc) is 2.95. The maximum absolute atomic E-state index is 13.2. The molecule has 0 aromatic heterocycles. The number of carbonyl (C=O) groups is 3. The van der Waals surface area contributed by atoms with Crippen molar-refractivity contribution < 1.29 is 18.8 Å². The fourth-order valence-electron chi connectivity index (χ4n) is 3.28. The van der Waals surface area contributed by atoms with Crippen LogP contribution >= 0.6 is 0 Å². The van der Waals surface area contributed by atoms with E-state index >= 15 is 0 Å². The summed E-state index contributed by atoms with van der Waals surface area (Å²) in [6, 6.07) is 13.4. The molecule has 1 aliphatic heterocycles. The number of nitrogens with zero attached hydrogens (tertiary/aromatic N) is 2. The molecule has 2 N–H and O–H groups in total. The van der Waals surface area contributed by atoms with E-state index in [4.69, 9.17) is 5.26 Å². The molecule has 1 unspecified atom stereocenters. The normalized spacial score (nSPS) is 18.3. The zero-order valence-electron chi connectivity index (χ0n) is 15.7. The van der Waals surface area contributed by atoms with E-state index in [0.717, 1.165) is 10.5 Å². The molecular weight excluding hydrogens is 375 g/mol. The maximum atomic E-state index is 13.2. The predicted molar refractivity (Wildman–Crippen MR) is 103 cm³/mol. The summed E-state index contributed by atoms with van der Waals surface area (Å²) in [6.45, 7) is 1.28. The number of hydrogen-bond acceptors (Lipinski definition) is 4. The van der Waals surface area contributed by atoms with E-state index < -0.39 is 35.7 Å². The molecule has 1 atom stereocenters. The lowest BCUT2D eigenvalue weighted by Crippen LogP contribution is -2.44. The van der Waals surface area contributed by atoms with Crippen molar-refractivity contribution in [3.63, 3.8) is 0 Å². The number of urea groups is 1. The van der Waals surface area contributed by atoms with Crippen molar-refractivity contribution in [3.05, 3.63) is 65.5 Å². The van der Waals surface area contributed by atoms with Crippen molar-refractivity contribution >= 4 is 23.5 Å². The molecule has 0 spiro atoms. The zero-order chi connectivity index (χ0) is 21.0. The Morgan fingerprint density at radius 3 is 2.41 bits per heavy atom. The van der Waals surface area contributed by atoms with Gasteiger partial charge in [0, 0.05) is 5.69 Å². The summed E-state index contributed by atoms with van der Waals surface area (Å²) in [5, 5.41) is 14.0. The Hall–Kier alpha value is -3.73. The lowest BCUT2D eigenvalue weighted by Gasteiger charge is -2.25. The van der Waals surface area contributed by atoms with Gasteiger partial charge in [0.2, 0.25) is 5.91 Å². The Kier molecular flexibility index (Phi) is 5.59. The van der Waals surface area contributed by atoms with Gasteiger partial charge in [0.25, 0.3) is 5.91 Å². The Labute approximate surface area is 167 Å². The maximum Gasteiger partial charge on any atom is 0.325 e. The van der Waals surface area contributed by atoms with Crippen molar-refractivity contribution in [1.82, 2.24) is 10.2 Å². The van der Waals surface area contributed by atoms with Crippen LogP contribution in [-0.2, 0) is 21.5 Å². The van der Waals surface area contributed by atoms with Gasteiger partial charge in [0.15, 0.2) is 0 Å². The minimum absolute atomic E-state index is 0.252. The van der Waals surface area contributed by atoms with Gasteiger partial charge in [0.05, 0.1) is 12.5 Å². The second-order valence-electron chi connectivity index (χ2n) is 6.67. The lowest BCUT2D eigenvalue weighted by atomic mass is 9.87. The number of benzene rings is 2. The molecule has 1 aliphatic rings. The molecule has 0 radical (unpaired) electrons. The Morgan fingerprint density at radius 1 is 1.17 bits per heavy atom. The Morgan fingerprint density at radius 2 is 1.83 bits per heavy atom. The van der Waals surface area contributed by atoms with Crippen LogP contribution in [0.15, 0.2) is 48.5 Å². The standard InChI is InChI=1S/C21H19FN4O3/c1-2-21(15-5-7-16(22)8-6-15)19(28)26(20(29)25-21)13-18(27)24-17-9-3-14(4-10-17)11-12-23/h3-10H,2,11,13H2,1H3,(H,24,27)(H,25,29). The first-order valence-corrected chi connectivity index (χ1v) is 9.05. The third-order valence-electron chi connectivity index (χ3n) is 4.87. The number of rotatable bonds is 6. The molecule has 8 heteroatoms. The van der Waals surface area contributed by atoms with Gasteiger partial charge < -0.3 is 10.6 Å². The third kappa shape index (κ3) is 3.94. The van der Waals surface area contributed by atoms with Gasteiger partial charge in [0.1, 0.15) is 17.9 Å². The molecule has 1 saturated heterocycles. The predicted octanol–water partition coefficient (Wildman–Crippen LogP) is 2.69. The SMILES string of the molecule is CCC1(c2ccc(F)cc2)NC(=O)N(CC(=O)Nc2ccc(CC#N)cc2)C1=O. The van der Waals surface area contributed by atoms with Gasteiger partial charge in [-0.25, -0.2) is 9.18 Å². The van der Waals surface area contributed by atoms with E-state index in [2.05, 4.69) is 10.6 Å². The van der Waals surface area contributed by atoms with Crippen molar-refractivity contribution in [2.75, 3.05) is 11.9 Å². The molecule has 3 rings (SSSR count). The first kappa shape index (κ1) is 20.0. The molecule has 0 bridgehead atoms. The molecule has 1 heterocycles. The van der Waals surface area contributed by atoms with E-state index in [1.807, 2.05) is 6.07 Å². The molecule has 1 fully saturated rings. The summed E-state index contributed by atoms with van der Waals surface area (Å²) in [7, 11) is 0. The summed E-state index contributed by atoms with van der Waals surface area (Å²) in [5.74, 6) is -1.54. The number of imide groups is 1. The van der Waals surface area contributed by atoms with E-state index in [9.17, 15) is 18.8 Å². The van der Waals surface area contributed by atoms with Crippen molar-refractivity contribution in [3.8, 4) is 6.07 Å². The van der Waals surface area contributed by atoms with E-state index in [1.165, 1.54) is 24.3 Å². The summed E-state index contributed by atoms with van der Waals surface area (Å²) in [6.07, 6.45) is 0.515. The number of carbonyl (C=O) groups excluding carboxylic acids is 3. The first-order valence-electron chi connectivity index (χ1n) is 9.05. The van der Waals surface area contributed by atoms with Crippen LogP contribution in [0.4, 0.5) is 14.9 Å². The highest BCUT2D eigenvalue weighted by Gasteiger charge is 2.51. The fraction of sp³-hybridized carbons (Fsp3) is 0.238. The van der Waals surface area contributed by atoms with Crippen LogP contribution < -0.4 is 10.6 Å². The Bertz CT molecular complexity index is 982.